The fourth-order valence-electron chi connectivity index (χ4n) is 1.98. The van der Waals surface area contributed by atoms with E-state index in [4.69, 9.17) is 4.74 Å². The van der Waals surface area contributed by atoms with Gasteiger partial charge in [-0.15, -0.1) is 0 Å². The lowest BCUT2D eigenvalue weighted by molar-refractivity contribution is 0.104. The van der Waals surface area contributed by atoms with E-state index in [2.05, 4.69) is 6.92 Å². The average molecular weight is 308 g/mol. The first-order chi connectivity index (χ1) is 11.2. The zero-order valence-electron chi connectivity index (χ0n) is 13.1. The molecule has 3 heteroatoms. The lowest BCUT2D eigenvalue weighted by atomic mass is 10.1. The van der Waals surface area contributed by atoms with Gasteiger partial charge in [0.25, 0.3) is 0 Å². The topological polar surface area (TPSA) is 46.5 Å². The number of phenols is 1. The van der Waals surface area contributed by atoms with Crippen molar-refractivity contribution in [1.29, 1.82) is 0 Å². The van der Waals surface area contributed by atoms with Gasteiger partial charge in [-0.2, -0.15) is 0 Å². The number of ketones is 1. The van der Waals surface area contributed by atoms with Gasteiger partial charge in [0.05, 0.1) is 11.8 Å². The molecule has 0 amide bonds. The second-order valence-electron chi connectivity index (χ2n) is 5.07. The minimum atomic E-state index is -0.251. The molecule has 0 heterocycles. The van der Waals surface area contributed by atoms with E-state index in [1.807, 2.05) is 36.4 Å². The number of carbonyl (C=O) groups is 1. The number of unbranched alkanes of at least 4 members (excludes halogenated alkanes) is 1. The van der Waals surface area contributed by atoms with Crippen LogP contribution in [0.1, 0.15) is 35.7 Å². The summed E-state index contributed by atoms with van der Waals surface area (Å²) in [6.45, 7) is 2.08. The maximum Gasteiger partial charge on any atom is 0.189 e. The summed E-state index contributed by atoms with van der Waals surface area (Å²) in [6, 6.07) is 14.2. The van der Waals surface area contributed by atoms with Crippen LogP contribution < -0.4 is 4.74 Å². The Bertz CT molecular complexity index is 700. The highest BCUT2D eigenvalue weighted by molar-refractivity contribution is 6.08. The molecule has 0 aliphatic rings. The highest BCUT2D eigenvalue weighted by Crippen LogP contribution is 2.24. The first kappa shape index (κ1) is 16.6. The maximum atomic E-state index is 12.1. The Labute approximate surface area is 136 Å². The van der Waals surface area contributed by atoms with Crippen LogP contribution in [-0.2, 0) is 0 Å². The van der Waals surface area contributed by atoms with Crippen molar-refractivity contribution in [3.8, 4) is 11.5 Å². The largest absolute Gasteiger partial charge is 0.507 e. The van der Waals surface area contributed by atoms with Crippen LogP contribution in [0.3, 0.4) is 0 Å². The molecule has 2 aromatic rings. The lowest BCUT2D eigenvalue weighted by Crippen LogP contribution is -1.95. The highest BCUT2D eigenvalue weighted by atomic mass is 16.5. The van der Waals surface area contributed by atoms with Gasteiger partial charge in [0.2, 0.25) is 0 Å². The summed E-state index contributed by atoms with van der Waals surface area (Å²) in [5.41, 5.74) is 1.18. The number of hydrogen-bond donors (Lipinski definition) is 1. The molecule has 0 bridgehead atoms. The normalized spacial score (nSPS) is 11.2. The van der Waals surface area contributed by atoms with Crippen LogP contribution in [0.5, 0.6) is 11.5 Å². The molecule has 0 fully saturated rings. The van der Waals surface area contributed by atoms with Gasteiger partial charge in [-0.25, -0.2) is 0 Å². The van der Waals surface area contributed by atoms with Gasteiger partial charge < -0.3 is 9.84 Å². The third-order valence-electron chi connectivity index (χ3n) is 3.22. The number of allylic oxidation sites excluding steroid dienone is 2. The van der Waals surface area contributed by atoms with E-state index in [1.165, 1.54) is 12.1 Å². The van der Waals surface area contributed by atoms with Crippen molar-refractivity contribution in [3.05, 3.63) is 78.1 Å². The molecule has 0 atom stereocenters. The first-order valence-electron chi connectivity index (χ1n) is 7.63. The molecule has 0 aliphatic heterocycles. The number of aromatic hydroxyl groups is 1. The molecule has 0 aliphatic carbocycles. The minimum Gasteiger partial charge on any atom is -0.507 e. The molecule has 2 rings (SSSR count). The minimum absolute atomic E-state index is 0.0888. The summed E-state index contributed by atoms with van der Waals surface area (Å²) in [4.78, 5) is 12.1. The Morgan fingerprint density at radius 1 is 1.17 bits per heavy atom. The predicted molar refractivity (Wildman–Crippen MR) is 92.6 cm³/mol. The van der Waals surface area contributed by atoms with Crippen molar-refractivity contribution in [2.45, 2.75) is 19.8 Å². The van der Waals surface area contributed by atoms with Gasteiger partial charge in [-0.05, 0) is 36.3 Å². The smallest absolute Gasteiger partial charge is 0.189 e. The summed E-state index contributed by atoms with van der Waals surface area (Å²) in [5.74, 6) is 0.159. The monoisotopic (exact) mass is 308 g/mol. The fourth-order valence-corrected chi connectivity index (χ4v) is 1.98. The summed E-state index contributed by atoms with van der Waals surface area (Å²) < 4.78 is 5.38. The first-order valence-corrected chi connectivity index (χ1v) is 7.63. The molecule has 0 radical (unpaired) electrons. The van der Waals surface area contributed by atoms with Crippen LogP contribution in [0.2, 0.25) is 0 Å². The van der Waals surface area contributed by atoms with E-state index >= 15 is 0 Å². The summed E-state index contributed by atoms with van der Waals surface area (Å²) in [5, 5.41) is 10.0. The van der Waals surface area contributed by atoms with Crippen molar-refractivity contribution in [3.63, 3.8) is 0 Å². The average Bonchev–Trinajstić information content (AvgIpc) is 2.58. The van der Waals surface area contributed by atoms with E-state index in [0.29, 0.717) is 5.75 Å². The van der Waals surface area contributed by atoms with Gasteiger partial charge in [0.1, 0.15) is 11.5 Å². The van der Waals surface area contributed by atoms with E-state index in [0.717, 1.165) is 18.4 Å². The predicted octanol–water partition coefficient (Wildman–Crippen LogP) is 4.98. The van der Waals surface area contributed by atoms with Gasteiger partial charge in [-0.3, -0.25) is 4.79 Å². The van der Waals surface area contributed by atoms with Crippen LogP contribution in [0.25, 0.3) is 6.08 Å². The summed E-state index contributed by atoms with van der Waals surface area (Å²) >= 11 is 0. The van der Waals surface area contributed by atoms with E-state index in [-0.39, 0.29) is 17.1 Å². The van der Waals surface area contributed by atoms with Crippen LogP contribution >= 0.6 is 0 Å². The molecular formula is C20H20O3. The Balaban J connectivity index is 2.05. The van der Waals surface area contributed by atoms with E-state index in [9.17, 15) is 9.90 Å². The lowest BCUT2D eigenvalue weighted by Gasteiger charge is -2.04. The van der Waals surface area contributed by atoms with E-state index < -0.39 is 0 Å². The zero-order chi connectivity index (χ0) is 16.5. The van der Waals surface area contributed by atoms with Crippen molar-refractivity contribution >= 4 is 11.9 Å². The quantitative estimate of drug-likeness (QED) is 0.446. The molecule has 3 nitrogen and oxygen atoms in total. The molecule has 0 spiro atoms. The molecule has 2 aromatic carbocycles. The van der Waals surface area contributed by atoms with Gasteiger partial charge >= 0.3 is 0 Å². The van der Waals surface area contributed by atoms with Crippen LogP contribution in [0.15, 0.2) is 66.9 Å². The molecule has 0 aromatic heterocycles. The SMILES string of the molecule is CCCC=COc1ccc(C(=O)C=Cc2ccccc2)c(O)c1. The molecule has 1 N–H and O–H groups in total. The molecule has 23 heavy (non-hydrogen) atoms. The van der Waals surface area contributed by atoms with Crippen molar-refractivity contribution < 1.29 is 14.6 Å². The molecule has 0 saturated carbocycles. The Hall–Kier alpha value is -2.81. The molecule has 118 valence electrons. The Morgan fingerprint density at radius 2 is 1.96 bits per heavy atom. The third-order valence-corrected chi connectivity index (χ3v) is 3.22. The second-order valence-corrected chi connectivity index (χ2v) is 5.07. The van der Waals surface area contributed by atoms with Crippen molar-refractivity contribution in [1.82, 2.24) is 0 Å². The fraction of sp³-hybridized carbons (Fsp3) is 0.150. The number of benzene rings is 2. The molecule has 0 saturated heterocycles. The Morgan fingerprint density at radius 3 is 2.65 bits per heavy atom. The number of carbonyl (C=O) groups excluding carboxylic acids is 1. The van der Waals surface area contributed by atoms with Crippen molar-refractivity contribution in [2.75, 3.05) is 0 Å². The van der Waals surface area contributed by atoms with Gasteiger partial charge in [0.15, 0.2) is 5.78 Å². The Kier molecular flexibility index (Phi) is 6.18. The van der Waals surface area contributed by atoms with Crippen LogP contribution in [-0.4, -0.2) is 10.9 Å². The number of hydrogen-bond acceptors (Lipinski definition) is 3. The van der Waals surface area contributed by atoms with Gasteiger partial charge in [0, 0.05) is 6.07 Å². The summed E-state index contributed by atoms with van der Waals surface area (Å²) in [7, 11) is 0. The number of ether oxygens (including phenoxy) is 1. The van der Waals surface area contributed by atoms with Crippen LogP contribution in [0, 0.1) is 0 Å². The third kappa shape index (κ3) is 5.15. The van der Waals surface area contributed by atoms with Gasteiger partial charge in [-0.1, -0.05) is 49.8 Å². The maximum absolute atomic E-state index is 12.1. The van der Waals surface area contributed by atoms with E-state index in [1.54, 1.807) is 24.5 Å². The summed E-state index contributed by atoms with van der Waals surface area (Å²) in [6.07, 6.45) is 8.67. The number of rotatable bonds is 7. The second kappa shape index (κ2) is 8.59. The standard InChI is InChI=1S/C20H20O3/c1-2-3-7-14-23-17-11-12-18(20(22)15-17)19(21)13-10-16-8-5-4-6-9-16/h4-15,22H,2-3H2,1H3. The molecular weight excluding hydrogens is 288 g/mol. The van der Waals surface area contributed by atoms with Crippen LogP contribution in [0.4, 0.5) is 0 Å². The molecule has 0 unspecified atom stereocenters. The number of phenolic OH excluding ortho intramolecular Hbond substituents is 1. The zero-order valence-corrected chi connectivity index (χ0v) is 13.1. The highest BCUT2D eigenvalue weighted by Gasteiger charge is 2.09. The van der Waals surface area contributed by atoms with Crippen molar-refractivity contribution in [2.24, 2.45) is 0 Å².